The number of hydrogen-bond acceptors (Lipinski definition) is 4. The van der Waals surface area contributed by atoms with E-state index in [-0.39, 0.29) is 24.2 Å². The topological polar surface area (TPSA) is 97.4 Å². The van der Waals surface area contributed by atoms with Gasteiger partial charge in [-0.15, -0.1) is 0 Å². The number of unbranched alkanes of at least 4 members (excludes halogenated alkanes) is 3. The van der Waals surface area contributed by atoms with Crippen molar-refractivity contribution in [2.24, 2.45) is 0 Å². The Morgan fingerprint density at radius 3 is 2.62 bits per heavy atom. The number of aliphatic hydroxyl groups is 1. The van der Waals surface area contributed by atoms with Gasteiger partial charge >= 0.3 is 0 Å². The van der Waals surface area contributed by atoms with Gasteiger partial charge in [0.25, 0.3) is 11.6 Å². The summed E-state index contributed by atoms with van der Waals surface area (Å²) < 4.78 is 1.61. The van der Waals surface area contributed by atoms with E-state index < -0.39 is 4.92 Å². The highest BCUT2D eigenvalue weighted by Crippen LogP contribution is 2.20. The minimum atomic E-state index is -0.495. The molecule has 0 saturated carbocycles. The molecule has 7 heteroatoms. The first-order valence-electron chi connectivity index (χ1n) is 7.22. The lowest BCUT2D eigenvalue weighted by Crippen LogP contribution is -2.27. The SMILES string of the molecule is CC(C)n1cc([N+](=O)[O-])cc1C(=O)NCCCCCCO. The van der Waals surface area contributed by atoms with Gasteiger partial charge in [-0.3, -0.25) is 14.9 Å². The molecule has 1 rings (SSSR count). The normalized spacial score (nSPS) is 10.9. The summed E-state index contributed by atoms with van der Waals surface area (Å²) in [5.41, 5.74) is 0.240. The molecular formula is C14H23N3O4. The van der Waals surface area contributed by atoms with Crippen LogP contribution < -0.4 is 5.32 Å². The zero-order chi connectivity index (χ0) is 15.8. The van der Waals surface area contributed by atoms with E-state index >= 15 is 0 Å². The molecular weight excluding hydrogens is 274 g/mol. The van der Waals surface area contributed by atoms with Gasteiger partial charge < -0.3 is 15.0 Å². The van der Waals surface area contributed by atoms with E-state index in [1.165, 1.54) is 12.3 Å². The van der Waals surface area contributed by atoms with E-state index in [1.807, 2.05) is 13.8 Å². The molecule has 0 aromatic carbocycles. The predicted molar refractivity (Wildman–Crippen MR) is 79.4 cm³/mol. The van der Waals surface area contributed by atoms with E-state index in [4.69, 9.17) is 5.11 Å². The largest absolute Gasteiger partial charge is 0.396 e. The Labute approximate surface area is 124 Å². The number of hydrogen-bond donors (Lipinski definition) is 2. The molecule has 0 bridgehead atoms. The minimum absolute atomic E-state index is 0.0241. The number of carbonyl (C=O) groups is 1. The van der Waals surface area contributed by atoms with Gasteiger partial charge in [0.05, 0.1) is 11.1 Å². The van der Waals surface area contributed by atoms with Crippen molar-refractivity contribution in [1.82, 2.24) is 9.88 Å². The van der Waals surface area contributed by atoms with Crippen molar-refractivity contribution in [2.45, 2.75) is 45.6 Å². The monoisotopic (exact) mass is 297 g/mol. The summed E-state index contributed by atoms with van der Waals surface area (Å²) in [4.78, 5) is 22.4. The lowest BCUT2D eigenvalue weighted by Gasteiger charge is -2.12. The highest BCUT2D eigenvalue weighted by Gasteiger charge is 2.20. The molecule has 0 radical (unpaired) electrons. The number of carbonyl (C=O) groups excluding carboxylic acids is 1. The summed E-state index contributed by atoms with van der Waals surface area (Å²) >= 11 is 0. The number of nitrogens with one attached hydrogen (secondary N) is 1. The van der Waals surface area contributed by atoms with Crippen LogP contribution in [0, 0.1) is 10.1 Å². The average molecular weight is 297 g/mol. The number of aromatic nitrogens is 1. The molecule has 0 aliphatic rings. The van der Waals surface area contributed by atoms with Gasteiger partial charge in [0.1, 0.15) is 5.69 Å². The minimum Gasteiger partial charge on any atom is -0.396 e. The smallest absolute Gasteiger partial charge is 0.287 e. The number of nitro groups is 1. The van der Waals surface area contributed by atoms with Crippen LogP contribution in [0.25, 0.3) is 0 Å². The Kier molecular flexibility index (Phi) is 6.87. The van der Waals surface area contributed by atoms with Gasteiger partial charge in [0, 0.05) is 25.3 Å². The first kappa shape index (κ1) is 17.2. The summed E-state index contributed by atoms with van der Waals surface area (Å²) in [6.45, 7) is 4.46. The van der Waals surface area contributed by atoms with Crippen molar-refractivity contribution in [3.05, 3.63) is 28.1 Å². The maximum absolute atomic E-state index is 12.1. The third-order valence-electron chi connectivity index (χ3n) is 3.20. The molecule has 1 heterocycles. The van der Waals surface area contributed by atoms with Crippen LogP contribution >= 0.6 is 0 Å². The Balaban J connectivity index is 2.58. The first-order valence-corrected chi connectivity index (χ1v) is 7.22. The fraction of sp³-hybridized carbons (Fsp3) is 0.643. The van der Waals surface area contributed by atoms with E-state index in [0.29, 0.717) is 12.2 Å². The molecule has 0 unspecified atom stereocenters. The van der Waals surface area contributed by atoms with Gasteiger partial charge in [-0.05, 0) is 26.7 Å². The fourth-order valence-electron chi connectivity index (χ4n) is 2.06. The van der Waals surface area contributed by atoms with Crippen LogP contribution in [0.4, 0.5) is 5.69 Å². The Morgan fingerprint density at radius 1 is 1.38 bits per heavy atom. The van der Waals surface area contributed by atoms with Crippen LogP contribution in [-0.2, 0) is 0 Å². The van der Waals surface area contributed by atoms with E-state index in [9.17, 15) is 14.9 Å². The molecule has 1 aromatic rings. The molecule has 21 heavy (non-hydrogen) atoms. The lowest BCUT2D eigenvalue weighted by atomic mass is 10.2. The Hall–Kier alpha value is -1.89. The van der Waals surface area contributed by atoms with Gasteiger partial charge in [0.2, 0.25) is 0 Å². The van der Waals surface area contributed by atoms with Crippen LogP contribution in [-0.4, -0.2) is 33.7 Å². The van der Waals surface area contributed by atoms with Gasteiger partial charge in [-0.25, -0.2) is 0 Å². The maximum atomic E-state index is 12.1. The average Bonchev–Trinajstić information content (AvgIpc) is 2.88. The number of amides is 1. The summed E-state index contributed by atoms with van der Waals surface area (Å²) in [5.74, 6) is -0.293. The molecule has 0 aliphatic carbocycles. The zero-order valence-electron chi connectivity index (χ0n) is 12.5. The second-order valence-electron chi connectivity index (χ2n) is 5.24. The summed E-state index contributed by atoms with van der Waals surface area (Å²) in [5, 5.41) is 22.3. The van der Waals surface area contributed by atoms with Crippen molar-refractivity contribution < 1.29 is 14.8 Å². The predicted octanol–water partition coefficient (Wildman–Crippen LogP) is 2.26. The van der Waals surface area contributed by atoms with Crippen molar-refractivity contribution in [2.75, 3.05) is 13.2 Å². The molecule has 0 aliphatic heterocycles. The van der Waals surface area contributed by atoms with Crippen LogP contribution in [0.3, 0.4) is 0 Å². The number of rotatable bonds is 9. The molecule has 0 saturated heterocycles. The molecule has 2 N–H and O–H groups in total. The summed E-state index contributed by atoms with van der Waals surface area (Å²) in [6.07, 6.45) is 4.86. The van der Waals surface area contributed by atoms with Crippen molar-refractivity contribution in [1.29, 1.82) is 0 Å². The van der Waals surface area contributed by atoms with Crippen molar-refractivity contribution in [3.63, 3.8) is 0 Å². The quantitative estimate of drug-likeness (QED) is 0.415. The van der Waals surface area contributed by atoms with Crippen LogP contribution in [0.2, 0.25) is 0 Å². The summed E-state index contributed by atoms with van der Waals surface area (Å²) in [7, 11) is 0. The number of nitrogens with zero attached hydrogens (tertiary/aromatic N) is 2. The Morgan fingerprint density at radius 2 is 2.05 bits per heavy atom. The highest BCUT2D eigenvalue weighted by atomic mass is 16.6. The Bertz CT molecular complexity index is 483. The first-order chi connectivity index (χ1) is 9.97. The zero-order valence-corrected chi connectivity index (χ0v) is 12.5. The molecule has 7 nitrogen and oxygen atoms in total. The number of aliphatic hydroxyl groups excluding tert-OH is 1. The highest BCUT2D eigenvalue weighted by molar-refractivity contribution is 5.93. The van der Waals surface area contributed by atoms with Gasteiger partial charge in [0.15, 0.2) is 0 Å². The fourth-order valence-corrected chi connectivity index (χ4v) is 2.06. The maximum Gasteiger partial charge on any atom is 0.287 e. The molecule has 0 atom stereocenters. The standard InChI is InChI=1S/C14H23N3O4/c1-11(2)16-10-12(17(20)21)9-13(16)14(19)15-7-5-3-4-6-8-18/h9-11,18H,3-8H2,1-2H3,(H,15,19). The van der Waals surface area contributed by atoms with E-state index in [2.05, 4.69) is 5.32 Å². The molecule has 1 amide bonds. The van der Waals surface area contributed by atoms with E-state index in [1.54, 1.807) is 4.57 Å². The molecule has 0 fully saturated rings. The van der Waals surface area contributed by atoms with Gasteiger partial charge in [-0.1, -0.05) is 12.8 Å². The van der Waals surface area contributed by atoms with Crippen molar-refractivity contribution >= 4 is 11.6 Å². The van der Waals surface area contributed by atoms with Crippen LogP contribution in [0.5, 0.6) is 0 Å². The van der Waals surface area contributed by atoms with Crippen molar-refractivity contribution in [3.8, 4) is 0 Å². The summed E-state index contributed by atoms with van der Waals surface area (Å²) in [6, 6.07) is 1.28. The van der Waals surface area contributed by atoms with Crippen LogP contribution in [0.1, 0.15) is 56.1 Å². The third kappa shape index (κ3) is 5.18. The van der Waals surface area contributed by atoms with Crippen LogP contribution in [0.15, 0.2) is 12.3 Å². The second-order valence-corrected chi connectivity index (χ2v) is 5.24. The van der Waals surface area contributed by atoms with Gasteiger partial charge in [-0.2, -0.15) is 0 Å². The molecule has 118 valence electrons. The second kappa shape index (κ2) is 8.41. The molecule has 1 aromatic heterocycles. The van der Waals surface area contributed by atoms with E-state index in [0.717, 1.165) is 25.7 Å². The third-order valence-corrected chi connectivity index (χ3v) is 3.20. The lowest BCUT2D eigenvalue weighted by molar-refractivity contribution is -0.384. The molecule has 0 spiro atoms.